The van der Waals surface area contributed by atoms with Crippen LogP contribution in [-0.2, 0) is 11.2 Å². The van der Waals surface area contributed by atoms with Crippen LogP contribution in [-0.4, -0.2) is 21.1 Å². The molecule has 0 fully saturated rings. The highest BCUT2D eigenvalue weighted by Crippen LogP contribution is 2.25. The maximum Gasteiger partial charge on any atom is 0.311 e. The average Bonchev–Trinajstić information content (AvgIpc) is 2.45. The molecule has 0 saturated heterocycles. The van der Waals surface area contributed by atoms with E-state index in [-0.39, 0.29) is 17.9 Å². The van der Waals surface area contributed by atoms with Gasteiger partial charge < -0.3 is 10.2 Å². The van der Waals surface area contributed by atoms with Crippen molar-refractivity contribution >= 4 is 11.7 Å². The van der Waals surface area contributed by atoms with E-state index in [9.17, 15) is 25.1 Å². The minimum atomic E-state index is -1.01. The van der Waals surface area contributed by atoms with Gasteiger partial charge in [-0.1, -0.05) is 24.3 Å². The summed E-state index contributed by atoms with van der Waals surface area (Å²) in [5.74, 6) is -1.83. The van der Waals surface area contributed by atoms with E-state index in [1.54, 1.807) is 12.1 Å². The monoisotopic (exact) mass is 287 g/mol. The molecule has 0 amide bonds. The van der Waals surface area contributed by atoms with E-state index in [1.807, 2.05) is 0 Å². The second-order valence-corrected chi connectivity index (χ2v) is 4.61. The number of carboxylic acid groups (broad SMARTS) is 1. The van der Waals surface area contributed by atoms with Crippen LogP contribution in [0.15, 0.2) is 48.5 Å². The number of nitro benzene ring substituents is 1. The van der Waals surface area contributed by atoms with Crippen molar-refractivity contribution in [3.05, 3.63) is 69.8 Å². The van der Waals surface area contributed by atoms with Crippen LogP contribution in [0.3, 0.4) is 0 Å². The Hall–Kier alpha value is -2.89. The van der Waals surface area contributed by atoms with Gasteiger partial charge in [0.1, 0.15) is 5.75 Å². The standard InChI is InChI=1S/C15H13NO5/c17-13-3-1-2-11(9-13)14(15(18)19)8-10-4-6-12(7-5-10)16(20)21/h1-7,9,14,17H,8H2,(H,18,19). The summed E-state index contributed by atoms with van der Waals surface area (Å²) in [5.41, 5.74) is 1.13. The molecule has 108 valence electrons. The lowest BCUT2D eigenvalue weighted by Gasteiger charge is -2.13. The van der Waals surface area contributed by atoms with Crippen LogP contribution in [0, 0.1) is 10.1 Å². The highest BCUT2D eigenvalue weighted by atomic mass is 16.6. The predicted octanol–water partition coefficient (Wildman–Crippen LogP) is 2.71. The summed E-state index contributed by atoms with van der Waals surface area (Å²) >= 11 is 0. The third-order valence-electron chi connectivity index (χ3n) is 3.16. The molecule has 0 bridgehead atoms. The van der Waals surface area contributed by atoms with Gasteiger partial charge in [-0.05, 0) is 29.7 Å². The number of phenols is 1. The summed E-state index contributed by atoms with van der Waals surface area (Å²) < 4.78 is 0. The predicted molar refractivity (Wildman–Crippen MR) is 75.3 cm³/mol. The van der Waals surface area contributed by atoms with E-state index >= 15 is 0 Å². The molecule has 0 aliphatic heterocycles. The van der Waals surface area contributed by atoms with Crippen LogP contribution in [0.1, 0.15) is 17.0 Å². The van der Waals surface area contributed by atoms with Crippen molar-refractivity contribution in [3.8, 4) is 5.75 Å². The largest absolute Gasteiger partial charge is 0.508 e. The Morgan fingerprint density at radius 1 is 1.19 bits per heavy atom. The van der Waals surface area contributed by atoms with Crippen molar-refractivity contribution < 1.29 is 19.9 Å². The van der Waals surface area contributed by atoms with E-state index in [4.69, 9.17) is 0 Å². The lowest BCUT2D eigenvalue weighted by molar-refractivity contribution is -0.384. The van der Waals surface area contributed by atoms with Gasteiger partial charge in [0.05, 0.1) is 10.8 Å². The minimum absolute atomic E-state index is 0.00227. The molecule has 21 heavy (non-hydrogen) atoms. The number of hydrogen-bond acceptors (Lipinski definition) is 4. The first kappa shape index (κ1) is 14.5. The minimum Gasteiger partial charge on any atom is -0.508 e. The van der Waals surface area contributed by atoms with Gasteiger partial charge >= 0.3 is 5.97 Å². The summed E-state index contributed by atoms with van der Waals surface area (Å²) in [4.78, 5) is 21.5. The van der Waals surface area contributed by atoms with E-state index in [0.29, 0.717) is 11.1 Å². The molecule has 0 aromatic heterocycles. The van der Waals surface area contributed by atoms with Gasteiger partial charge in [0, 0.05) is 12.1 Å². The summed E-state index contributed by atoms with van der Waals surface area (Å²) in [6.07, 6.45) is 0.191. The maximum absolute atomic E-state index is 11.4. The number of hydrogen-bond donors (Lipinski definition) is 2. The van der Waals surface area contributed by atoms with E-state index in [1.165, 1.54) is 36.4 Å². The van der Waals surface area contributed by atoms with Crippen molar-refractivity contribution in [2.75, 3.05) is 0 Å². The smallest absolute Gasteiger partial charge is 0.311 e. The van der Waals surface area contributed by atoms with Crippen LogP contribution < -0.4 is 0 Å². The average molecular weight is 287 g/mol. The molecule has 0 radical (unpaired) electrons. The number of non-ortho nitro benzene ring substituents is 1. The Morgan fingerprint density at radius 3 is 2.38 bits per heavy atom. The summed E-state index contributed by atoms with van der Waals surface area (Å²) in [7, 11) is 0. The molecular formula is C15H13NO5. The topological polar surface area (TPSA) is 101 Å². The molecule has 0 aliphatic carbocycles. The molecule has 2 N–H and O–H groups in total. The number of nitrogens with zero attached hydrogens (tertiary/aromatic N) is 1. The van der Waals surface area contributed by atoms with Gasteiger partial charge in [0.2, 0.25) is 0 Å². The number of aromatic hydroxyl groups is 1. The fourth-order valence-electron chi connectivity index (χ4n) is 2.08. The maximum atomic E-state index is 11.4. The van der Waals surface area contributed by atoms with Gasteiger partial charge in [-0.3, -0.25) is 14.9 Å². The molecule has 1 atom stereocenters. The third kappa shape index (κ3) is 3.56. The van der Waals surface area contributed by atoms with E-state index in [0.717, 1.165) is 0 Å². The molecule has 6 nitrogen and oxygen atoms in total. The van der Waals surface area contributed by atoms with Crippen LogP contribution in [0.4, 0.5) is 5.69 Å². The zero-order valence-electron chi connectivity index (χ0n) is 11.0. The number of carbonyl (C=O) groups is 1. The number of aliphatic carboxylic acids is 1. The molecule has 0 saturated carbocycles. The van der Waals surface area contributed by atoms with Gasteiger partial charge in [-0.15, -0.1) is 0 Å². The molecule has 1 unspecified atom stereocenters. The lowest BCUT2D eigenvalue weighted by atomic mass is 9.92. The highest BCUT2D eigenvalue weighted by Gasteiger charge is 2.21. The normalized spacial score (nSPS) is 11.8. The SMILES string of the molecule is O=C(O)C(Cc1ccc([N+](=O)[O-])cc1)c1cccc(O)c1. The van der Waals surface area contributed by atoms with Gasteiger partial charge in [0.25, 0.3) is 5.69 Å². The first-order valence-corrected chi connectivity index (χ1v) is 6.22. The van der Waals surface area contributed by atoms with Crippen LogP contribution in [0.25, 0.3) is 0 Å². The quantitative estimate of drug-likeness (QED) is 0.650. The Morgan fingerprint density at radius 2 is 1.86 bits per heavy atom. The Kier molecular flexibility index (Phi) is 4.18. The van der Waals surface area contributed by atoms with Crippen LogP contribution >= 0.6 is 0 Å². The van der Waals surface area contributed by atoms with Crippen molar-refractivity contribution in [2.24, 2.45) is 0 Å². The summed E-state index contributed by atoms with van der Waals surface area (Å²) in [5, 5.41) is 29.4. The van der Waals surface area contributed by atoms with Crippen molar-refractivity contribution in [1.29, 1.82) is 0 Å². The Balaban J connectivity index is 2.24. The Labute approximate surface area is 120 Å². The molecule has 2 rings (SSSR count). The Bertz CT molecular complexity index is 666. The zero-order chi connectivity index (χ0) is 15.4. The molecule has 6 heteroatoms. The number of nitro groups is 1. The second-order valence-electron chi connectivity index (χ2n) is 4.61. The van der Waals surface area contributed by atoms with Gasteiger partial charge in [-0.2, -0.15) is 0 Å². The fourth-order valence-corrected chi connectivity index (χ4v) is 2.08. The molecule has 2 aromatic carbocycles. The van der Waals surface area contributed by atoms with Crippen LogP contribution in [0.5, 0.6) is 5.75 Å². The summed E-state index contributed by atoms with van der Waals surface area (Å²) in [6.45, 7) is 0. The highest BCUT2D eigenvalue weighted by molar-refractivity contribution is 5.76. The summed E-state index contributed by atoms with van der Waals surface area (Å²) in [6, 6.07) is 11.8. The lowest BCUT2D eigenvalue weighted by Crippen LogP contribution is -2.14. The van der Waals surface area contributed by atoms with Crippen molar-refractivity contribution in [3.63, 3.8) is 0 Å². The molecular weight excluding hydrogens is 274 g/mol. The fraction of sp³-hybridized carbons (Fsp3) is 0.133. The van der Waals surface area contributed by atoms with Crippen molar-refractivity contribution in [1.82, 2.24) is 0 Å². The third-order valence-corrected chi connectivity index (χ3v) is 3.16. The van der Waals surface area contributed by atoms with Crippen molar-refractivity contribution in [2.45, 2.75) is 12.3 Å². The van der Waals surface area contributed by atoms with E-state index < -0.39 is 16.8 Å². The zero-order valence-corrected chi connectivity index (χ0v) is 11.0. The number of benzene rings is 2. The molecule has 2 aromatic rings. The van der Waals surface area contributed by atoms with E-state index in [2.05, 4.69) is 0 Å². The second kappa shape index (κ2) is 6.04. The van der Waals surface area contributed by atoms with Gasteiger partial charge in [-0.25, -0.2) is 0 Å². The number of rotatable bonds is 5. The first-order chi connectivity index (χ1) is 9.97. The number of carboxylic acids is 1. The van der Waals surface area contributed by atoms with Crippen LogP contribution in [0.2, 0.25) is 0 Å². The van der Waals surface area contributed by atoms with Gasteiger partial charge in [0.15, 0.2) is 0 Å². The molecule has 0 aliphatic rings. The molecule has 0 spiro atoms. The molecule has 0 heterocycles. The first-order valence-electron chi connectivity index (χ1n) is 6.22. The number of phenolic OH excluding ortho intramolecular Hbond substituents is 1.